The number of hydrogen-bond donors (Lipinski definition) is 1. The smallest absolute Gasteiger partial charge is 0.331 e. The van der Waals surface area contributed by atoms with Crippen molar-refractivity contribution in [2.75, 3.05) is 7.11 Å². The Morgan fingerprint density at radius 2 is 1.67 bits per heavy atom. The first-order valence-electron chi connectivity index (χ1n) is 18.5. The number of carbonyl (C=O) groups is 1. The van der Waals surface area contributed by atoms with Crippen LogP contribution >= 0.6 is 0 Å². The first kappa shape index (κ1) is 33.8. The zero-order valence-corrected chi connectivity index (χ0v) is 30.4. The van der Waals surface area contributed by atoms with E-state index >= 15 is 0 Å². The summed E-state index contributed by atoms with van der Waals surface area (Å²) >= 11 is 0. The van der Waals surface area contributed by atoms with Gasteiger partial charge >= 0.3 is 5.97 Å². The van der Waals surface area contributed by atoms with Crippen LogP contribution in [0.15, 0.2) is 35.4 Å². The van der Waals surface area contributed by atoms with Crippen LogP contribution in [0.2, 0.25) is 0 Å². The summed E-state index contributed by atoms with van der Waals surface area (Å²) in [5.74, 6) is 3.49. The molecule has 2 spiro atoms. The van der Waals surface area contributed by atoms with E-state index in [2.05, 4.69) is 55.4 Å². The first-order valence-corrected chi connectivity index (χ1v) is 18.5. The average molecular weight is 631 g/mol. The third-order valence-electron chi connectivity index (χ3n) is 15.8. The van der Waals surface area contributed by atoms with Crippen molar-refractivity contribution in [1.82, 2.24) is 0 Å². The van der Waals surface area contributed by atoms with Crippen LogP contribution in [0, 0.1) is 50.7 Å². The molecule has 46 heavy (non-hydrogen) atoms. The maximum atomic E-state index is 13.1. The van der Waals surface area contributed by atoms with Crippen LogP contribution in [0.3, 0.4) is 0 Å². The van der Waals surface area contributed by atoms with Gasteiger partial charge in [0, 0.05) is 17.1 Å². The third kappa shape index (κ3) is 4.97. The minimum atomic E-state index is -0.263. The number of esters is 1. The van der Waals surface area contributed by atoms with Crippen molar-refractivity contribution >= 4 is 12.0 Å². The second-order valence-electron chi connectivity index (χ2n) is 17.8. The Morgan fingerprint density at radius 3 is 2.37 bits per heavy atom. The molecule has 0 radical (unpaired) electrons. The van der Waals surface area contributed by atoms with Crippen molar-refractivity contribution in [3.63, 3.8) is 0 Å². The Kier molecular flexibility index (Phi) is 8.68. The SMILES string of the molecule is COc1ccc(C=CC(=O)OC2CCC34CC35CCC3(C)C(C(C)CCC(C)=C(C)C)CCC3(C)C5CCC4C2(C)C)cc1CO. The van der Waals surface area contributed by atoms with Crippen LogP contribution < -0.4 is 4.74 Å². The lowest BCUT2D eigenvalue weighted by Crippen LogP contribution is -2.58. The van der Waals surface area contributed by atoms with Gasteiger partial charge in [0.05, 0.1) is 13.7 Å². The Morgan fingerprint density at radius 1 is 0.957 bits per heavy atom. The standard InChI is InChI=1S/C42H62O4/c1-27(2)28(3)10-11-29(4)32-18-20-40(8)35-16-15-34-38(5,6)36(19-21-41(34)26-42(35,41)23-22-39(32,40)7)46-37(44)17-13-30-12-14-33(45-9)31(24-30)25-43/h12-14,17,24,29,32,34-36,43H,10-11,15-16,18-23,25-26H2,1-9H3. The first-order chi connectivity index (χ1) is 21.7. The summed E-state index contributed by atoms with van der Waals surface area (Å²) in [4.78, 5) is 13.1. The summed E-state index contributed by atoms with van der Waals surface area (Å²) in [5, 5.41) is 9.68. The number of rotatable bonds is 9. The van der Waals surface area contributed by atoms with Gasteiger partial charge in [0.1, 0.15) is 11.9 Å². The molecule has 5 aliphatic rings. The molecule has 0 heterocycles. The molecular formula is C42H62O4. The lowest BCUT2D eigenvalue weighted by Gasteiger charge is -2.63. The fraction of sp³-hybridized carbons (Fsp3) is 0.738. The van der Waals surface area contributed by atoms with E-state index in [1.165, 1.54) is 69.8 Å². The molecule has 5 fully saturated rings. The number of methoxy groups -OCH3 is 1. The number of ether oxygens (including phenoxy) is 2. The van der Waals surface area contributed by atoms with Crippen LogP contribution in [0.25, 0.3) is 6.08 Å². The molecule has 0 aliphatic heterocycles. The van der Waals surface area contributed by atoms with Crippen LogP contribution in [0.1, 0.15) is 137 Å². The molecule has 0 saturated heterocycles. The van der Waals surface area contributed by atoms with E-state index in [0.29, 0.717) is 38.9 Å². The van der Waals surface area contributed by atoms with E-state index in [1.54, 1.807) is 24.8 Å². The van der Waals surface area contributed by atoms with Crippen molar-refractivity contribution in [2.45, 2.75) is 139 Å². The predicted molar refractivity (Wildman–Crippen MR) is 187 cm³/mol. The van der Waals surface area contributed by atoms with Gasteiger partial charge in [-0.05, 0) is 161 Å². The molecule has 5 aliphatic carbocycles. The molecule has 1 aromatic rings. The van der Waals surface area contributed by atoms with Crippen molar-refractivity contribution < 1.29 is 19.4 Å². The molecule has 4 heteroatoms. The lowest BCUT2D eigenvalue weighted by molar-refractivity contribution is -0.179. The second-order valence-corrected chi connectivity index (χ2v) is 17.8. The summed E-state index contributed by atoms with van der Waals surface area (Å²) < 4.78 is 11.6. The third-order valence-corrected chi connectivity index (χ3v) is 15.8. The highest BCUT2D eigenvalue weighted by Gasteiger charge is 2.82. The molecule has 0 aromatic heterocycles. The Hall–Kier alpha value is -2.07. The lowest BCUT2D eigenvalue weighted by atomic mass is 9.41. The molecule has 5 saturated carbocycles. The summed E-state index contributed by atoms with van der Waals surface area (Å²) in [6.07, 6.45) is 17.8. The van der Waals surface area contributed by atoms with Gasteiger partial charge < -0.3 is 14.6 Å². The van der Waals surface area contributed by atoms with E-state index in [0.717, 1.165) is 29.7 Å². The zero-order valence-electron chi connectivity index (χ0n) is 30.4. The fourth-order valence-corrected chi connectivity index (χ4v) is 12.8. The molecule has 1 N–H and O–H groups in total. The van der Waals surface area contributed by atoms with Gasteiger partial charge in [-0.25, -0.2) is 4.79 Å². The van der Waals surface area contributed by atoms with E-state index in [1.807, 2.05) is 18.2 Å². The minimum Gasteiger partial charge on any atom is -0.496 e. The van der Waals surface area contributed by atoms with Crippen molar-refractivity contribution in [2.24, 2.45) is 50.7 Å². The quantitative estimate of drug-likeness (QED) is 0.168. The predicted octanol–water partition coefficient (Wildman–Crippen LogP) is 10.3. The molecule has 4 nitrogen and oxygen atoms in total. The number of aliphatic hydroxyl groups excluding tert-OH is 1. The number of fused-ring (bicyclic) bond motifs is 2. The summed E-state index contributed by atoms with van der Waals surface area (Å²) in [6.45, 7) is 19.6. The largest absolute Gasteiger partial charge is 0.496 e. The van der Waals surface area contributed by atoms with Crippen LogP contribution in [0.4, 0.5) is 0 Å². The number of aliphatic hydroxyl groups is 1. The van der Waals surface area contributed by atoms with Crippen LogP contribution in [0.5, 0.6) is 5.75 Å². The van der Waals surface area contributed by atoms with E-state index < -0.39 is 0 Å². The number of benzene rings is 1. The summed E-state index contributed by atoms with van der Waals surface area (Å²) in [6, 6.07) is 5.58. The van der Waals surface area contributed by atoms with Crippen LogP contribution in [-0.2, 0) is 16.1 Å². The molecule has 9 unspecified atom stereocenters. The summed E-state index contributed by atoms with van der Waals surface area (Å²) in [7, 11) is 1.60. The Labute approximate surface area is 279 Å². The van der Waals surface area contributed by atoms with E-state index in [9.17, 15) is 9.90 Å². The maximum Gasteiger partial charge on any atom is 0.331 e. The Balaban J connectivity index is 1.14. The van der Waals surface area contributed by atoms with Crippen molar-refractivity contribution in [3.8, 4) is 5.75 Å². The molecule has 0 amide bonds. The highest BCUT2D eigenvalue weighted by Crippen LogP contribution is 2.89. The normalized spacial score (nSPS) is 39.4. The number of carbonyl (C=O) groups excluding carboxylic acids is 1. The average Bonchev–Trinajstić information content (AvgIpc) is 3.61. The molecule has 9 atom stereocenters. The fourth-order valence-electron chi connectivity index (χ4n) is 12.8. The maximum absolute atomic E-state index is 13.1. The molecular weight excluding hydrogens is 568 g/mol. The van der Waals surface area contributed by atoms with Crippen LogP contribution in [-0.4, -0.2) is 24.3 Å². The highest BCUT2D eigenvalue weighted by atomic mass is 16.5. The van der Waals surface area contributed by atoms with E-state index in [-0.39, 0.29) is 24.1 Å². The van der Waals surface area contributed by atoms with Gasteiger partial charge in [0.25, 0.3) is 0 Å². The topological polar surface area (TPSA) is 55.8 Å². The van der Waals surface area contributed by atoms with Gasteiger partial charge in [0.15, 0.2) is 0 Å². The zero-order chi connectivity index (χ0) is 33.3. The Bertz CT molecular complexity index is 1400. The monoisotopic (exact) mass is 630 g/mol. The van der Waals surface area contributed by atoms with Gasteiger partial charge in [0.2, 0.25) is 0 Å². The highest BCUT2D eigenvalue weighted by molar-refractivity contribution is 5.87. The minimum absolute atomic E-state index is 0.0302. The number of hydrogen-bond acceptors (Lipinski definition) is 4. The second kappa shape index (κ2) is 11.8. The van der Waals surface area contributed by atoms with Gasteiger partial charge in [-0.1, -0.05) is 51.8 Å². The number of allylic oxidation sites excluding steroid dienone is 2. The molecule has 6 rings (SSSR count). The molecule has 1 aromatic carbocycles. The molecule has 254 valence electrons. The van der Waals surface area contributed by atoms with Gasteiger partial charge in [-0.2, -0.15) is 0 Å². The summed E-state index contributed by atoms with van der Waals surface area (Å²) in [5.41, 5.74) is 6.46. The van der Waals surface area contributed by atoms with Crippen molar-refractivity contribution in [1.29, 1.82) is 0 Å². The van der Waals surface area contributed by atoms with Crippen molar-refractivity contribution in [3.05, 3.63) is 46.5 Å². The molecule has 0 bridgehead atoms. The van der Waals surface area contributed by atoms with Gasteiger partial charge in [-0.3, -0.25) is 0 Å². The van der Waals surface area contributed by atoms with Gasteiger partial charge in [-0.15, -0.1) is 0 Å². The van der Waals surface area contributed by atoms with E-state index in [4.69, 9.17) is 9.47 Å².